The predicted molar refractivity (Wildman–Crippen MR) is 253 cm³/mol. The number of rotatable bonds is 5. The molecule has 0 amide bonds. The van der Waals surface area contributed by atoms with Crippen LogP contribution in [0.5, 0.6) is 0 Å². The molecule has 59 heavy (non-hydrogen) atoms. The van der Waals surface area contributed by atoms with Gasteiger partial charge in [-0.3, -0.25) is 0 Å². The standard InChI is InChI=1S/C58H37N/c1-4-18-38(19-5-1)41-33-35-48-51(36-41)55(40-22-8-3-9-23-40)47-34-32-42(39-20-6-2-7-21-39)37-52(47)57(48)56-45-26-10-12-28-49(45)58(50-29-13-11-27-46(50)56)59-53-30-16-14-24-43(53)44-25-15-17-31-54(44)59/h1-37H. The monoisotopic (exact) mass is 747 g/mol. The Bertz CT molecular complexity index is 3470. The van der Waals surface area contributed by atoms with E-state index in [2.05, 4.69) is 229 Å². The highest BCUT2D eigenvalue weighted by atomic mass is 15.0. The molecule has 0 unspecified atom stereocenters. The van der Waals surface area contributed by atoms with Gasteiger partial charge in [0.05, 0.1) is 16.7 Å². The summed E-state index contributed by atoms with van der Waals surface area (Å²) in [6, 6.07) is 82.7. The van der Waals surface area contributed by atoms with E-state index in [1.165, 1.54) is 115 Å². The van der Waals surface area contributed by atoms with Gasteiger partial charge in [-0.15, -0.1) is 0 Å². The normalized spacial score (nSPS) is 11.7. The van der Waals surface area contributed by atoms with Crippen molar-refractivity contribution in [2.45, 2.75) is 0 Å². The number of aromatic nitrogens is 1. The Balaban J connectivity index is 1.29. The summed E-state index contributed by atoms with van der Waals surface area (Å²) in [6.07, 6.45) is 0. The smallest absolute Gasteiger partial charge is 0.0619 e. The van der Waals surface area contributed by atoms with Gasteiger partial charge in [-0.25, -0.2) is 0 Å². The molecule has 1 heteroatoms. The van der Waals surface area contributed by atoms with Gasteiger partial charge in [0, 0.05) is 21.5 Å². The van der Waals surface area contributed by atoms with Gasteiger partial charge >= 0.3 is 0 Å². The molecule has 0 radical (unpaired) electrons. The zero-order valence-electron chi connectivity index (χ0n) is 32.3. The molecule has 0 bridgehead atoms. The molecular formula is C58H37N. The fraction of sp³-hybridized carbons (Fsp3) is 0. The Labute approximate surface area is 342 Å². The van der Waals surface area contributed by atoms with Crippen LogP contribution in [-0.2, 0) is 0 Å². The highest BCUT2D eigenvalue weighted by molar-refractivity contribution is 6.30. The topological polar surface area (TPSA) is 4.93 Å². The third-order valence-electron chi connectivity index (χ3n) is 12.3. The van der Waals surface area contributed by atoms with Crippen LogP contribution < -0.4 is 0 Å². The molecule has 12 rings (SSSR count). The molecule has 0 atom stereocenters. The van der Waals surface area contributed by atoms with Crippen molar-refractivity contribution in [3.05, 3.63) is 224 Å². The van der Waals surface area contributed by atoms with E-state index < -0.39 is 0 Å². The van der Waals surface area contributed by atoms with Crippen LogP contribution in [-0.4, -0.2) is 4.57 Å². The molecule has 1 aromatic heterocycles. The lowest BCUT2D eigenvalue weighted by Crippen LogP contribution is -2.00. The molecular weight excluding hydrogens is 711 g/mol. The van der Waals surface area contributed by atoms with Crippen molar-refractivity contribution < 1.29 is 0 Å². The summed E-state index contributed by atoms with van der Waals surface area (Å²) in [5, 5.41) is 12.4. The lowest BCUT2D eigenvalue weighted by molar-refractivity contribution is 1.21. The van der Waals surface area contributed by atoms with Gasteiger partial charge < -0.3 is 4.57 Å². The van der Waals surface area contributed by atoms with E-state index in [0.717, 1.165) is 0 Å². The molecule has 0 saturated carbocycles. The molecule has 0 aliphatic heterocycles. The van der Waals surface area contributed by atoms with Gasteiger partial charge in [-0.2, -0.15) is 0 Å². The van der Waals surface area contributed by atoms with Crippen LogP contribution >= 0.6 is 0 Å². The van der Waals surface area contributed by atoms with E-state index in [0.29, 0.717) is 0 Å². The Hall–Kier alpha value is -7.74. The van der Waals surface area contributed by atoms with Crippen molar-refractivity contribution >= 4 is 64.9 Å². The van der Waals surface area contributed by atoms with Crippen LogP contribution in [0.25, 0.3) is 115 Å². The number of fused-ring (bicyclic) bond motifs is 7. The summed E-state index contributed by atoms with van der Waals surface area (Å²) in [5.74, 6) is 0. The molecule has 1 nitrogen and oxygen atoms in total. The Morgan fingerprint density at radius 2 is 0.542 bits per heavy atom. The minimum absolute atomic E-state index is 1.20. The molecule has 0 aliphatic rings. The van der Waals surface area contributed by atoms with Gasteiger partial charge in [0.1, 0.15) is 0 Å². The molecule has 0 fully saturated rings. The summed E-state index contributed by atoms with van der Waals surface area (Å²) >= 11 is 0. The number of hydrogen-bond acceptors (Lipinski definition) is 0. The van der Waals surface area contributed by atoms with E-state index in [1.807, 2.05) is 0 Å². The predicted octanol–water partition coefficient (Wildman–Crippen LogP) is 16.1. The highest BCUT2D eigenvalue weighted by Crippen LogP contribution is 2.51. The second kappa shape index (κ2) is 13.4. The van der Waals surface area contributed by atoms with Crippen molar-refractivity contribution in [1.82, 2.24) is 4.57 Å². The maximum Gasteiger partial charge on any atom is 0.0619 e. The highest BCUT2D eigenvalue weighted by Gasteiger charge is 2.24. The SMILES string of the molecule is c1ccc(-c2ccc3c(-c4c5ccccc5c(-n5c6ccccc6c6ccccc65)c5ccccc45)c4cc(-c5ccccc5)ccc4c(-c4ccccc4)c3c2)cc1. The first-order valence-corrected chi connectivity index (χ1v) is 20.4. The van der Waals surface area contributed by atoms with E-state index in [4.69, 9.17) is 0 Å². The van der Waals surface area contributed by atoms with E-state index >= 15 is 0 Å². The van der Waals surface area contributed by atoms with Gasteiger partial charge in [0.25, 0.3) is 0 Å². The Morgan fingerprint density at radius 3 is 1.03 bits per heavy atom. The molecule has 1 heterocycles. The van der Waals surface area contributed by atoms with Crippen LogP contribution in [0.3, 0.4) is 0 Å². The Morgan fingerprint density at radius 1 is 0.203 bits per heavy atom. The largest absolute Gasteiger partial charge is 0.308 e. The van der Waals surface area contributed by atoms with Gasteiger partial charge in [-0.1, -0.05) is 200 Å². The summed E-state index contributed by atoms with van der Waals surface area (Å²) in [4.78, 5) is 0. The zero-order chi connectivity index (χ0) is 38.9. The minimum Gasteiger partial charge on any atom is -0.308 e. The summed E-state index contributed by atoms with van der Waals surface area (Å²) in [7, 11) is 0. The van der Waals surface area contributed by atoms with Crippen LogP contribution in [0.15, 0.2) is 224 Å². The van der Waals surface area contributed by atoms with Crippen molar-refractivity contribution in [2.24, 2.45) is 0 Å². The average Bonchev–Trinajstić information content (AvgIpc) is 3.64. The van der Waals surface area contributed by atoms with Gasteiger partial charge in [0.15, 0.2) is 0 Å². The fourth-order valence-electron chi connectivity index (χ4n) is 9.81. The molecule has 0 spiro atoms. The van der Waals surface area contributed by atoms with Crippen LogP contribution in [0, 0.1) is 0 Å². The first kappa shape index (κ1) is 33.4. The third kappa shape index (κ3) is 5.18. The minimum atomic E-state index is 1.20. The molecule has 0 aliphatic carbocycles. The lowest BCUT2D eigenvalue weighted by Gasteiger charge is -2.23. The summed E-state index contributed by atoms with van der Waals surface area (Å²) in [6.45, 7) is 0. The zero-order valence-corrected chi connectivity index (χ0v) is 32.3. The van der Waals surface area contributed by atoms with Crippen molar-refractivity contribution in [2.75, 3.05) is 0 Å². The van der Waals surface area contributed by atoms with Gasteiger partial charge in [-0.05, 0) is 101 Å². The second-order valence-corrected chi connectivity index (χ2v) is 15.6. The number of hydrogen-bond donors (Lipinski definition) is 0. The molecule has 12 aromatic rings. The summed E-state index contributed by atoms with van der Waals surface area (Å²) in [5.41, 5.74) is 13.4. The first-order chi connectivity index (χ1) is 29.3. The Kier molecular flexibility index (Phi) is 7.61. The van der Waals surface area contributed by atoms with Crippen LogP contribution in [0.4, 0.5) is 0 Å². The van der Waals surface area contributed by atoms with Gasteiger partial charge in [0.2, 0.25) is 0 Å². The second-order valence-electron chi connectivity index (χ2n) is 15.6. The van der Waals surface area contributed by atoms with Crippen molar-refractivity contribution in [1.29, 1.82) is 0 Å². The maximum absolute atomic E-state index is 2.51. The van der Waals surface area contributed by atoms with Crippen LogP contribution in [0.1, 0.15) is 0 Å². The number of para-hydroxylation sites is 2. The number of benzene rings is 11. The van der Waals surface area contributed by atoms with Crippen molar-refractivity contribution in [3.63, 3.8) is 0 Å². The molecule has 0 saturated heterocycles. The van der Waals surface area contributed by atoms with E-state index in [9.17, 15) is 0 Å². The fourth-order valence-corrected chi connectivity index (χ4v) is 9.81. The lowest BCUT2D eigenvalue weighted by atomic mass is 9.81. The van der Waals surface area contributed by atoms with Crippen molar-refractivity contribution in [3.8, 4) is 50.2 Å². The first-order valence-electron chi connectivity index (χ1n) is 20.4. The average molecular weight is 748 g/mol. The van der Waals surface area contributed by atoms with E-state index in [-0.39, 0.29) is 0 Å². The quantitative estimate of drug-likeness (QED) is 0.155. The van der Waals surface area contributed by atoms with Crippen LogP contribution in [0.2, 0.25) is 0 Å². The third-order valence-corrected chi connectivity index (χ3v) is 12.3. The molecule has 0 N–H and O–H groups in total. The van der Waals surface area contributed by atoms with E-state index in [1.54, 1.807) is 0 Å². The summed E-state index contributed by atoms with van der Waals surface area (Å²) < 4.78 is 2.51. The molecule has 274 valence electrons. The maximum atomic E-state index is 2.51. The molecule has 11 aromatic carbocycles. The number of nitrogens with zero attached hydrogens (tertiary/aromatic N) is 1.